The number of hydrogen-bond acceptors (Lipinski definition) is 2. The predicted octanol–water partition coefficient (Wildman–Crippen LogP) is 6.57. The molecule has 0 fully saturated rings. The lowest BCUT2D eigenvalue weighted by Crippen LogP contribution is -2.02. The molecule has 1 aromatic heterocycles. The average molecular weight is 503 g/mol. The van der Waals surface area contributed by atoms with Gasteiger partial charge in [-0.2, -0.15) is 5.10 Å². The van der Waals surface area contributed by atoms with Crippen molar-refractivity contribution in [1.82, 2.24) is 4.57 Å². The van der Waals surface area contributed by atoms with Crippen molar-refractivity contribution in [3.63, 3.8) is 0 Å². The lowest BCUT2D eigenvalue weighted by molar-refractivity contribution is 0.964. The van der Waals surface area contributed by atoms with Gasteiger partial charge < -0.3 is 4.57 Å². The van der Waals surface area contributed by atoms with Gasteiger partial charge in [-0.15, -0.1) is 5.10 Å². The minimum absolute atomic E-state index is 0.860. The summed E-state index contributed by atoms with van der Waals surface area (Å²) in [6.45, 7) is 4.23. The van der Waals surface area contributed by atoms with E-state index in [1.165, 1.54) is 9.26 Å². The lowest BCUT2D eigenvalue weighted by atomic mass is 10.0. The third-order valence-corrected chi connectivity index (χ3v) is 5.72. The summed E-state index contributed by atoms with van der Waals surface area (Å²) in [7, 11) is 0. The van der Waals surface area contributed by atoms with Gasteiger partial charge in [0.1, 0.15) is 5.71 Å². The van der Waals surface area contributed by atoms with Crippen molar-refractivity contribution < 1.29 is 0 Å². The smallest absolute Gasteiger partial charge is 0.100 e. The van der Waals surface area contributed by atoms with Gasteiger partial charge in [0.25, 0.3) is 0 Å². The normalized spacial score (nSPS) is 11.0. The number of aromatic nitrogens is 1. The van der Waals surface area contributed by atoms with E-state index in [0.29, 0.717) is 0 Å². The summed E-state index contributed by atoms with van der Waals surface area (Å²) in [6, 6.07) is 31.0. The SMILES string of the molecule is Cc1cc(/C=N\N=C(c2ccccc2)c2ccccc2)c(C)n1-c1ccc(I)cc1. The van der Waals surface area contributed by atoms with Crippen LogP contribution in [0.25, 0.3) is 5.69 Å². The van der Waals surface area contributed by atoms with Crippen LogP contribution in [0.1, 0.15) is 28.1 Å². The molecule has 0 aliphatic rings. The summed E-state index contributed by atoms with van der Waals surface area (Å²) in [4.78, 5) is 0. The quantitative estimate of drug-likeness (QED) is 0.168. The van der Waals surface area contributed by atoms with E-state index >= 15 is 0 Å². The number of hydrogen-bond donors (Lipinski definition) is 0. The predicted molar refractivity (Wildman–Crippen MR) is 134 cm³/mol. The first-order valence-corrected chi connectivity index (χ1v) is 10.9. The van der Waals surface area contributed by atoms with Gasteiger partial charge in [0.15, 0.2) is 0 Å². The number of halogens is 1. The Bertz CT molecular complexity index is 1150. The maximum Gasteiger partial charge on any atom is 0.100 e. The Morgan fingerprint density at radius 3 is 1.93 bits per heavy atom. The van der Waals surface area contributed by atoms with Crippen LogP contribution in [0.5, 0.6) is 0 Å². The van der Waals surface area contributed by atoms with Gasteiger partial charge >= 0.3 is 0 Å². The molecule has 4 rings (SSSR count). The third-order valence-electron chi connectivity index (χ3n) is 5.00. The fourth-order valence-electron chi connectivity index (χ4n) is 3.53. The average Bonchev–Trinajstić information content (AvgIpc) is 3.06. The summed E-state index contributed by atoms with van der Waals surface area (Å²) in [5.41, 5.74) is 7.49. The number of benzene rings is 3. The van der Waals surface area contributed by atoms with Gasteiger partial charge in [-0.3, -0.25) is 0 Å². The fourth-order valence-corrected chi connectivity index (χ4v) is 3.89. The minimum Gasteiger partial charge on any atom is -0.318 e. The second-order valence-electron chi connectivity index (χ2n) is 7.06. The molecule has 4 aromatic rings. The van der Waals surface area contributed by atoms with Crippen molar-refractivity contribution in [2.75, 3.05) is 0 Å². The molecule has 0 bridgehead atoms. The van der Waals surface area contributed by atoms with Crippen molar-refractivity contribution in [2.45, 2.75) is 13.8 Å². The Balaban J connectivity index is 1.69. The topological polar surface area (TPSA) is 29.6 Å². The Morgan fingerprint density at radius 2 is 1.37 bits per heavy atom. The van der Waals surface area contributed by atoms with E-state index < -0.39 is 0 Å². The first kappa shape index (κ1) is 20.3. The molecule has 4 heteroatoms. The van der Waals surface area contributed by atoms with E-state index in [-0.39, 0.29) is 0 Å². The number of rotatable bonds is 5. The van der Waals surface area contributed by atoms with Crippen LogP contribution in [-0.2, 0) is 0 Å². The van der Waals surface area contributed by atoms with Crippen molar-refractivity contribution in [3.8, 4) is 5.69 Å². The Morgan fingerprint density at radius 1 is 0.800 bits per heavy atom. The molecule has 0 saturated carbocycles. The zero-order valence-corrected chi connectivity index (χ0v) is 19.1. The van der Waals surface area contributed by atoms with Gasteiger partial charge in [0.2, 0.25) is 0 Å². The Hall–Kier alpha value is -2.99. The molecule has 0 amide bonds. The number of nitrogens with zero attached hydrogens (tertiary/aromatic N) is 3. The molecule has 0 saturated heterocycles. The van der Waals surface area contributed by atoms with E-state index in [0.717, 1.165) is 33.8 Å². The molecule has 148 valence electrons. The van der Waals surface area contributed by atoms with E-state index in [1.807, 2.05) is 42.6 Å². The fraction of sp³-hybridized carbons (Fsp3) is 0.0769. The zero-order chi connectivity index (χ0) is 20.9. The molecule has 1 heterocycles. The van der Waals surface area contributed by atoms with Gasteiger partial charge in [-0.05, 0) is 66.8 Å². The molecule has 30 heavy (non-hydrogen) atoms. The largest absolute Gasteiger partial charge is 0.318 e. The number of aryl methyl sites for hydroxylation is 1. The minimum atomic E-state index is 0.860. The molecule has 0 N–H and O–H groups in total. The monoisotopic (exact) mass is 503 g/mol. The van der Waals surface area contributed by atoms with Crippen LogP contribution < -0.4 is 0 Å². The summed E-state index contributed by atoms with van der Waals surface area (Å²) in [5.74, 6) is 0. The van der Waals surface area contributed by atoms with Crippen molar-refractivity contribution >= 4 is 34.5 Å². The summed E-state index contributed by atoms with van der Waals surface area (Å²) in [5, 5.41) is 9.07. The summed E-state index contributed by atoms with van der Waals surface area (Å²) >= 11 is 2.33. The van der Waals surface area contributed by atoms with Crippen LogP contribution in [0.4, 0.5) is 0 Å². The van der Waals surface area contributed by atoms with Crippen LogP contribution in [-0.4, -0.2) is 16.5 Å². The summed E-state index contributed by atoms with van der Waals surface area (Å²) < 4.78 is 3.47. The maximum atomic E-state index is 4.60. The van der Waals surface area contributed by atoms with Crippen molar-refractivity contribution in [1.29, 1.82) is 0 Å². The van der Waals surface area contributed by atoms with Gasteiger partial charge in [0, 0.05) is 37.3 Å². The molecule has 0 aliphatic heterocycles. The van der Waals surface area contributed by atoms with Gasteiger partial charge in [-0.1, -0.05) is 60.7 Å². The first-order valence-electron chi connectivity index (χ1n) is 9.80. The molecule has 3 aromatic carbocycles. The van der Waals surface area contributed by atoms with E-state index in [2.05, 4.69) is 106 Å². The molecular formula is C26H22IN3. The molecule has 0 unspecified atom stereocenters. The molecule has 0 aliphatic carbocycles. The highest BCUT2D eigenvalue weighted by Crippen LogP contribution is 2.21. The zero-order valence-electron chi connectivity index (χ0n) is 17.0. The molecule has 3 nitrogen and oxygen atoms in total. The Labute approximate surface area is 191 Å². The second-order valence-corrected chi connectivity index (χ2v) is 8.31. The lowest BCUT2D eigenvalue weighted by Gasteiger charge is -2.09. The second kappa shape index (κ2) is 9.22. The van der Waals surface area contributed by atoms with E-state index in [1.54, 1.807) is 0 Å². The highest BCUT2D eigenvalue weighted by atomic mass is 127. The van der Waals surface area contributed by atoms with Gasteiger partial charge in [0.05, 0.1) is 6.21 Å². The van der Waals surface area contributed by atoms with Crippen LogP contribution >= 0.6 is 22.6 Å². The first-order chi connectivity index (χ1) is 14.6. The van der Waals surface area contributed by atoms with Crippen LogP contribution in [0.15, 0.2) is 101 Å². The van der Waals surface area contributed by atoms with Crippen LogP contribution in [0.2, 0.25) is 0 Å². The molecular weight excluding hydrogens is 481 g/mol. The summed E-state index contributed by atoms with van der Waals surface area (Å²) in [6.07, 6.45) is 1.84. The van der Waals surface area contributed by atoms with Gasteiger partial charge in [-0.25, -0.2) is 0 Å². The van der Waals surface area contributed by atoms with E-state index in [9.17, 15) is 0 Å². The standard InChI is InChI=1S/C26H22IN3/c1-19-17-23(20(2)30(19)25-15-13-24(27)14-16-25)18-28-29-26(21-9-5-3-6-10-21)22-11-7-4-8-12-22/h3-18H,1-2H3/b28-18-. The van der Waals surface area contributed by atoms with Crippen molar-refractivity contribution in [2.24, 2.45) is 10.2 Å². The molecule has 0 atom stereocenters. The van der Waals surface area contributed by atoms with Crippen molar-refractivity contribution in [3.05, 3.63) is 123 Å². The highest BCUT2D eigenvalue weighted by Gasteiger charge is 2.10. The highest BCUT2D eigenvalue weighted by molar-refractivity contribution is 14.1. The molecule has 0 spiro atoms. The molecule has 0 radical (unpaired) electrons. The third kappa shape index (κ3) is 4.44. The Kier molecular flexibility index (Phi) is 6.23. The van der Waals surface area contributed by atoms with Crippen LogP contribution in [0.3, 0.4) is 0 Å². The van der Waals surface area contributed by atoms with E-state index in [4.69, 9.17) is 0 Å². The maximum absolute atomic E-state index is 4.60. The van der Waals surface area contributed by atoms with Crippen LogP contribution in [0, 0.1) is 17.4 Å².